The fourth-order valence-corrected chi connectivity index (χ4v) is 2.85. The normalized spacial score (nSPS) is 14.1. The molecule has 0 bridgehead atoms. The molecule has 1 saturated heterocycles. The first-order chi connectivity index (χ1) is 13.7. The minimum atomic E-state index is -0.0549. The molecule has 4 heterocycles. The molecular formula is C19H19N5O4. The monoisotopic (exact) mass is 381 g/mol. The van der Waals surface area contributed by atoms with E-state index in [0.717, 1.165) is 5.56 Å². The minimum absolute atomic E-state index is 0.0549. The van der Waals surface area contributed by atoms with Crippen LogP contribution in [0.25, 0.3) is 11.5 Å². The zero-order valence-corrected chi connectivity index (χ0v) is 15.4. The van der Waals surface area contributed by atoms with E-state index < -0.39 is 0 Å². The molecular weight excluding hydrogens is 362 g/mol. The van der Waals surface area contributed by atoms with Crippen LogP contribution >= 0.6 is 0 Å². The van der Waals surface area contributed by atoms with Gasteiger partial charge in [-0.2, -0.15) is 0 Å². The number of hydrogen-bond donors (Lipinski definition) is 0. The number of aryl methyl sites for hydroxylation is 1. The van der Waals surface area contributed by atoms with E-state index in [9.17, 15) is 4.79 Å². The maximum Gasteiger partial charge on any atom is 0.255 e. The molecule has 4 rings (SSSR count). The first-order valence-electron chi connectivity index (χ1n) is 8.91. The van der Waals surface area contributed by atoms with Crippen LogP contribution in [-0.4, -0.2) is 57.2 Å². The van der Waals surface area contributed by atoms with E-state index >= 15 is 0 Å². The summed E-state index contributed by atoms with van der Waals surface area (Å²) in [6.45, 7) is 4.31. The molecule has 0 aromatic carbocycles. The van der Waals surface area contributed by atoms with Crippen molar-refractivity contribution in [3.05, 3.63) is 53.7 Å². The predicted octanol–water partition coefficient (Wildman–Crippen LogP) is 1.89. The quantitative estimate of drug-likeness (QED) is 0.660. The molecule has 9 nitrogen and oxygen atoms in total. The number of pyridine rings is 1. The van der Waals surface area contributed by atoms with Crippen molar-refractivity contribution in [2.45, 2.75) is 13.5 Å². The van der Waals surface area contributed by atoms with Crippen LogP contribution in [0.1, 0.15) is 21.7 Å². The first-order valence-corrected chi connectivity index (χ1v) is 8.91. The van der Waals surface area contributed by atoms with E-state index in [-0.39, 0.29) is 12.5 Å². The molecule has 3 aromatic heterocycles. The smallest absolute Gasteiger partial charge is 0.255 e. The van der Waals surface area contributed by atoms with Gasteiger partial charge in [-0.1, -0.05) is 5.16 Å². The van der Waals surface area contributed by atoms with Crippen molar-refractivity contribution in [1.82, 2.24) is 25.0 Å². The summed E-state index contributed by atoms with van der Waals surface area (Å²) in [6, 6.07) is 5.12. The van der Waals surface area contributed by atoms with Crippen molar-refractivity contribution < 1.29 is 18.8 Å². The lowest BCUT2D eigenvalue weighted by Gasteiger charge is -2.26. The standard InChI is InChI=1S/C19H19N5O4/c1-13-15(17(23-28-13)18-20-5-2-6-21-18)12-27-16-4-3-14(11-22-16)19(25)24-7-9-26-10-8-24/h2-6,11H,7-10,12H2,1H3. The fourth-order valence-electron chi connectivity index (χ4n) is 2.85. The molecule has 144 valence electrons. The Morgan fingerprint density at radius 3 is 2.68 bits per heavy atom. The summed E-state index contributed by atoms with van der Waals surface area (Å²) >= 11 is 0. The topological polar surface area (TPSA) is 103 Å². The van der Waals surface area contributed by atoms with Gasteiger partial charge >= 0.3 is 0 Å². The van der Waals surface area contributed by atoms with Crippen molar-refractivity contribution >= 4 is 5.91 Å². The Kier molecular flexibility index (Phi) is 5.24. The van der Waals surface area contributed by atoms with Crippen LogP contribution in [0, 0.1) is 6.92 Å². The molecule has 28 heavy (non-hydrogen) atoms. The number of amides is 1. The number of carbonyl (C=O) groups is 1. The maximum absolute atomic E-state index is 12.5. The van der Waals surface area contributed by atoms with Crippen LogP contribution < -0.4 is 4.74 Å². The molecule has 0 spiro atoms. The number of hydrogen-bond acceptors (Lipinski definition) is 8. The summed E-state index contributed by atoms with van der Waals surface area (Å²) in [7, 11) is 0. The molecule has 1 fully saturated rings. The molecule has 0 unspecified atom stereocenters. The van der Waals surface area contributed by atoms with E-state index in [1.54, 1.807) is 42.4 Å². The summed E-state index contributed by atoms with van der Waals surface area (Å²) in [5.74, 6) is 1.44. The van der Waals surface area contributed by atoms with Gasteiger partial charge in [-0.3, -0.25) is 4.79 Å². The number of rotatable bonds is 5. The van der Waals surface area contributed by atoms with Crippen LogP contribution in [0.5, 0.6) is 5.88 Å². The molecule has 0 aliphatic carbocycles. The van der Waals surface area contributed by atoms with Crippen molar-refractivity contribution in [2.24, 2.45) is 0 Å². The highest BCUT2D eigenvalue weighted by Gasteiger charge is 2.20. The van der Waals surface area contributed by atoms with E-state index in [2.05, 4.69) is 20.1 Å². The van der Waals surface area contributed by atoms with Gasteiger partial charge in [-0.25, -0.2) is 15.0 Å². The van der Waals surface area contributed by atoms with Gasteiger partial charge in [0, 0.05) is 37.7 Å². The summed E-state index contributed by atoms with van der Waals surface area (Å²) < 4.78 is 16.3. The number of ether oxygens (including phenoxy) is 2. The zero-order valence-electron chi connectivity index (χ0n) is 15.4. The maximum atomic E-state index is 12.5. The lowest BCUT2D eigenvalue weighted by atomic mass is 10.2. The van der Waals surface area contributed by atoms with Gasteiger partial charge in [0.25, 0.3) is 5.91 Å². The van der Waals surface area contributed by atoms with Gasteiger partial charge in [0.15, 0.2) is 11.5 Å². The van der Waals surface area contributed by atoms with Crippen LogP contribution in [0.15, 0.2) is 41.3 Å². The van der Waals surface area contributed by atoms with E-state index in [4.69, 9.17) is 14.0 Å². The highest BCUT2D eigenvalue weighted by Crippen LogP contribution is 2.23. The third-order valence-electron chi connectivity index (χ3n) is 4.41. The second-order valence-corrected chi connectivity index (χ2v) is 6.22. The number of morpholine rings is 1. The lowest BCUT2D eigenvalue weighted by Crippen LogP contribution is -2.40. The summed E-state index contributed by atoms with van der Waals surface area (Å²) in [4.78, 5) is 26.9. The molecule has 3 aromatic rings. The predicted molar refractivity (Wildman–Crippen MR) is 97.6 cm³/mol. The highest BCUT2D eigenvalue weighted by atomic mass is 16.5. The van der Waals surface area contributed by atoms with Gasteiger partial charge in [-0.15, -0.1) is 0 Å². The Bertz CT molecular complexity index is 937. The number of aromatic nitrogens is 4. The Morgan fingerprint density at radius 2 is 1.96 bits per heavy atom. The first kappa shape index (κ1) is 18.1. The molecule has 1 amide bonds. The SMILES string of the molecule is Cc1onc(-c2ncccn2)c1COc1ccc(C(=O)N2CCOCC2)cn1. The Labute approximate surface area is 161 Å². The number of carbonyl (C=O) groups excluding carboxylic acids is 1. The van der Waals surface area contributed by atoms with Gasteiger partial charge in [0.2, 0.25) is 5.88 Å². The van der Waals surface area contributed by atoms with Crippen molar-refractivity contribution in [3.63, 3.8) is 0 Å². The fraction of sp³-hybridized carbons (Fsp3) is 0.316. The second-order valence-electron chi connectivity index (χ2n) is 6.22. The lowest BCUT2D eigenvalue weighted by molar-refractivity contribution is 0.0302. The van der Waals surface area contributed by atoms with Gasteiger partial charge in [0.1, 0.15) is 12.4 Å². The average Bonchev–Trinajstić information content (AvgIpc) is 3.13. The minimum Gasteiger partial charge on any atom is -0.473 e. The molecule has 1 aliphatic heterocycles. The zero-order chi connectivity index (χ0) is 19.3. The van der Waals surface area contributed by atoms with Gasteiger partial charge in [-0.05, 0) is 19.1 Å². The molecule has 1 aliphatic rings. The van der Waals surface area contributed by atoms with E-state index in [1.165, 1.54) is 6.20 Å². The third-order valence-corrected chi connectivity index (χ3v) is 4.41. The van der Waals surface area contributed by atoms with E-state index in [1.807, 2.05) is 0 Å². The van der Waals surface area contributed by atoms with Crippen LogP contribution in [-0.2, 0) is 11.3 Å². The van der Waals surface area contributed by atoms with Crippen molar-refractivity contribution in [1.29, 1.82) is 0 Å². The number of nitrogens with zero attached hydrogens (tertiary/aromatic N) is 5. The molecule has 0 radical (unpaired) electrons. The Morgan fingerprint density at radius 1 is 1.18 bits per heavy atom. The van der Waals surface area contributed by atoms with Crippen LogP contribution in [0.3, 0.4) is 0 Å². The second kappa shape index (κ2) is 8.13. The Hall–Kier alpha value is -3.33. The highest BCUT2D eigenvalue weighted by molar-refractivity contribution is 5.94. The van der Waals surface area contributed by atoms with Gasteiger partial charge < -0.3 is 18.9 Å². The van der Waals surface area contributed by atoms with Crippen LogP contribution in [0.4, 0.5) is 0 Å². The van der Waals surface area contributed by atoms with Crippen molar-refractivity contribution in [2.75, 3.05) is 26.3 Å². The molecule has 9 heteroatoms. The van der Waals surface area contributed by atoms with E-state index in [0.29, 0.717) is 55.0 Å². The van der Waals surface area contributed by atoms with Gasteiger partial charge in [0.05, 0.1) is 24.3 Å². The molecule has 0 atom stereocenters. The molecule has 0 N–H and O–H groups in total. The largest absolute Gasteiger partial charge is 0.473 e. The summed E-state index contributed by atoms with van der Waals surface area (Å²) in [5.41, 5.74) is 1.81. The molecule has 0 saturated carbocycles. The Balaban J connectivity index is 1.43. The average molecular weight is 381 g/mol. The summed E-state index contributed by atoms with van der Waals surface area (Å²) in [5, 5.41) is 4.03. The van der Waals surface area contributed by atoms with Crippen LogP contribution in [0.2, 0.25) is 0 Å². The third kappa shape index (κ3) is 3.84. The van der Waals surface area contributed by atoms with Crippen molar-refractivity contribution in [3.8, 4) is 17.4 Å². The summed E-state index contributed by atoms with van der Waals surface area (Å²) in [6.07, 6.45) is 4.81.